The van der Waals surface area contributed by atoms with Crippen LogP contribution in [0.2, 0.25) is 0 Å². The van der Waals surface area contributed by atoms with Gasteiger partial charge in [-0.15, -0.1) is 0 Å². The largest absolute Gasteiger partial charge is 0.504 e. The molecule has 0 saturated carbocycles. The molecule has 0 fully saturated rings. The van der Waals surface area contributed by atoms with Crippen LogP contribution in [0.4, 0.5) is 0 Å². The minimum absolute atomic E-state index is 0.217. The molecule has 1 aromatic carbocycles. The highest BCUT2D eigenvalue weighted by Crippen LogP contribution is 2.32. The Morgan fingerprint density at radius 3 is 1.37 bits per heavy atom. The Kier molecular flexibility index (Phi) is 14.7. The first-order valence-corrected chi connectivity index (χ1v) is 12.4. The Bertz CT molecular complexity index is 542. The second kappa shape index (κ2) is 16.4. The van der Waals surface area contributed by atoms with Crippen molar-refractivity contribution in [2.75, 3.05) is 0 Å². The summed E-state index contributed by atoms with van der Waals surface area (Å²) in [6, 6.07) is 3.92. The molecule has 0 aromatic heterocycles. The third-order valence-corrected chi connectivity index (χ3v) is 6.07. The van der Waals surface area contributed by atoms with Gasteiger partial charge in [0.2, 0.25) is 0 Å². The number of benzene rings is 1. The van der Waals surface area contributed by atoms with Crippen LogP contribution in [0.5, 0.6) is 11.5 Å². The van der Waals surface area contributed by atoms with Crippen LogP contribution in [-0.4, -0.2) is 20.4 Å². The maximum Gasteiger partial charge on any atom is 0.189 e. The number of aromatic hydroxyl groups is 2. The third-order valence-electron chi connectivity index (χ3n) is 6.07. The molecule has 0 unspecified atom stereocenters. The zero-order valence-electron chi connectivity index (χ0n) is 19.2. The molecule has 0 saturated heterocycles. The average Bonchev–Trinajstić information content (AvgIpc) is 2.72. The normalized spacial score (nSPS) is 11.8. The van der Waals surface area contributed by atoms with Crippen LogP contribution in [0.3, 0.4) is 0 Å². The van der Waals surface area contributed by atoms with Crippen molar-refractivity contribution in [2.24, 2.45) is 0 Å². The molecule has 4 N–H and O–H groups in total. The summed E-state index contributed by atoms with van der Waals surface area (Å²) in [4.78, 5) is 0. The van der Waals surface area contributed by atoms with Crippen molar-refractivity contribution in [3.05, 3.63) is 23.8 Å². The van der Waals surface area contributed by atoms with E-state index >= 15 is 0 Å². The summed E-state index contributed by atoms with van der Waals surface area (Å²) in [6.07, 6.45) is 22.2. The van der Waals surface area contributed by atoms with Crippen LogP contribution < -0.4 is 0 Å². The third kappa shape index (κ3) is 12.4. The molecule has 174 valence electrons. The van der Waals surface area contributed by atoms with Gasteiger partial charge in [0, 0.05) is 12.0 Å². The van der Waals surface area contributed by atoms with Gasteiger partial charge in [-0.2, -0.15) is 0 Å². The van der Waals surface area contributed by atoms with Gasteiger partial charge in [-0.3, -0.25) is 0 Å². The van der Waals surface area contributed by atoms with Gasteiger partial charge in [-0.1, -0.05) is 110 Å². The second-order valence-corrected chi connectivity index (χ2v) is 8.93. The van der Waals surface area contributed by atoms with E-state index in [0.29, 0.717) is 0 Å². The highest BCUT2D eigenvalue weighted by Gasteiger charge is 2.26. The molecule has 0 bridgehead atoms. The van der Waals surface area contributed by atoms with Crippen LogP contribution in [-0.2, 0) is 5.79 Å². The first-order chi connectivity index (χ1) is 14.5. The fraction of sp³-hybridized carbons (Fsp3) is 0.769. The fourth-order valence-electron chi connectivity index (χ4n) is 4.01. The van der Waals surface area contributed by atoms with E-state index in [2.05, 4.69) is 6.92 Å². The van der Waals surface area contributed by atoms with E-state index in [1.54, 1.807) is 0 Å². The standard InChI is InChI=1S/C26H46O4/c1-2-3-4-5-6-7-8-9-10-11-12-13-14-15-16-17-18-21-26(29,30)23-19-20-24(27)25(28)22-23/h19-20,22,27-30H,2-18,21H2,1H3. The monoisotopic (exact) mass is 422 g/mol. The molecule has 0 radical (unpaired) electrons. The predicted octanol–water partition coefficient (Wildman–Crippen LogP) is 7.28. The molecule has 0 atom stereocenters. The van der Waals surface area contributed by atoms with E-state index in [1.807, 2.05) is 0 Å². The van der Waals surface area contributed by atoms with Crippen molar-refractivity contribution in [1.29, 1.82) is 0 Å². The molecular weight excluding hydrogens is 376 g/mol. The number of hydrogen-bond acceptors (Lipinski definition) is 4. The quantitative estimate of drug-likeness (QED) is 0.107. The molecule has 0 aliphatic carbocycles. The predicted molar refractivity (Wildman–Crippen MR) is 125 cm³/mol. The van der Waals surface area contributed by atoms with Crippen LogP contribution in [0.15, 0.2) is 18.2 Å². The topological polar surface area (TPSA) is 80.9 Å². The number of hydrogen-bond donors (Lipinski definition) is 4. The molecule has 1 aromatic rings. The molecule has 4 heteroatoms. The highest BCUT2D eigenvalue weighted by molar-refractivity contribution is 5.41. The van der Waals surface area contributed by atoms with E-state index in [-0.39, 0.29) is 23.5 Å². The van der Waals surface area contributed by atoms with E-state index in [4.69, 9.17) is 0 Å². The number of unbranched alkanes of at least 4 members (excludes halogenated alkanes) is 16. The minimum atomic E-state index is -1.96. The summed E-state index contributed by atoms with van der Waals surface area (Å²) in [7, 11) is 0. The van der Waals surface area contributed by atoms with Gasteiger partial charge in [0.05, 0.1) is 0 Å². The maximum absolute atomic E-state index is 10.2. The summed E-state index contributed by atoms with van der Waals surface area (Å²) < 4.78 is 0. The first kappa shape index (κ1) is 26.8. The van der Waals surface area contributed by atoms with Crippen LogP contribution >= 0.6 is 0 Å². The molecule has 0 aliphatic rings. The van der Waals surface area contributed by atoms with Gasteiger partial charge < -0.3 is 20.4 Å². The molecule has 0 amide bonds. The molecule has 4 nitrogen and oxygen atoms in total. The highest BCUT2D eigenvalue weighted by atomic mass is 16.5. The van der Waals surface area contributed by atoms with Gasteiger partial charge in [-0.05, 0) is 24.6 Å². The summed E-state index contributed by atoms with van der Waals surface area (Å²) in [5, 5.41) is 39.2. The van der Waals surface area contributed by atoms with Crippen molar-refractivity contribution in [1.82, 2.24) is 0 Å². The molecular formula is C26H46O4. The van der Waals surface area contributed by atoms with E-state index < -0.39 is 5.79 Å². The summed E-state index contributed by atoms with van der Waals surface area (Å²) in [5.41, 5.74) is 0.217. The zero-order chi connectivity index (χ0) is 22.1. The van der Waals surface area contributed by atoms with Gasteiger partial charge >= 0.3 is 0 Å². The lowest BCUT2D eigenvalue weighted by molar-refractivity contribution is -0.175. The van der Waals surface area contributed by atoms with Crippen molar-refractivity contribution >= 4 is 0 Å². The van der Waals surface area contributed by atoms with Gasteiger partial charge in [-0.25, -0.2) is 0 Å². The second-order valence-electron chi connectivity index (χ2n) is 8.93. The number of rotatable bonds is 19. The molecule has 1 rings (SSSR count). The van der Waals surface area contributed by atoms with Crippen LogP contribution in [0, 0.1) is 0 Å². The smallest absolute Gasteiger partial charge is 0.189 e. The minimum Gasteiger partial charge on any atom is -0.504 e. The average molecular weight is 423 g/mol. The van der Waals surface area contributed by atoms with Crippen molar-refractivity contribution in [2.45, 2.75) is 128 Å². The fourth-order valence-corrected chi connectivity index (χ4v) is 4.01. The Morgan fingerprint density at radius 1 is 0.567 bits per heavy atom. The van der Waals surface area contributed by atoms with Crippen molar-refractivity contribution < 1.29 is 20.4 Å². The summed E-state index contributed by atoms with van der Waals surface area (Å²) >= 11 is 0. The van der Waals surface area contributed by atoms with Crippen molar-refractivity contribution in [3.63, 3.8) is 0 Å². The Morgan fingerprint density at radius 2 is 0.967 bits per heavy atom. The van der Waals surface area contributed by atoms with Crippen molar-refractivity contribution in [3.8, 4) is 11.5 Å². The Labute approximate surface area is 184 Å². The van der Waals surface area contributed by atoms with Gasteiger partial charge in [0.15, 0.2) is 17.3 Å². The van der Waals surface area contributed by atoms with Gasteiger partial charge in [0.25, 0.3) is 0 Å². The lowest BCUT2D eigenvalue weighted by Crippen LogP contribution is -2.24. The SMILES string of the molecule is CCCCCCCCCCCCCCCCCCCC(O)(O)c1ccc(O)c(O)c1. The Balaban J connectivity index is 1.90. The number of aliphatic hydroxyl groups is 2. The van der Waals surface area contributed by atoms with Gasteiger partial charge in [0.1, 0.15) is 0 Å². The molecule has 30 heavy (non-hydrogen) atoms. The van der Waals surface area contributed by atoms with E-state index in [1.165, 1.54) is 108 Å². The Hall–Kier alpha value is -1.26. The summed E-state index contributed by atoms with van der Waals surface area (Å²) in [6.45, 7) is 2.27. The van der Waals surface area contributed by atoms with Crippen LogP contribution in [0.25, 0.3) is 0 Å². The van der Waals surface area contributed by atoms with E-state index in [0.717, 1.165) is 19.3 Å². The molecule has 0 heterocycles. The maximum atomic E-state index is 10.2. The number of phenolic OH excluding ortho intramolecular Hbond substituents is 2. The lowest BCUT2D eigenvalue weighted by atomic mass is 9.98. The first-order valence-electron chi connectivity index (χ1n) is 12.4. The molecule has 0 aliphatic heterocycles. The van der Waals surface area contributed by atoms with Crippen LogP contribution in [0.1, 0.15) is 128 Å². The zero-order valence-corrected chi connectivity index (χ0v) is 19.2. The number of phenols is 2. The summed E-state index contributed by atoms with van der Waals surface area (Å²) in [5.74, 6) is -2.55. The lowest BCUT2D eigenvalue weighted by Gasteiger charge is -2.22. The van der Waals surface area contributed by atoms with E-state index in [9.17, 15) is 20.4 Å². The molecule has 0 spiro atoms.